The van der Waals surface area contributed by atoms with Crippen molar-refractivity contribution >= 4 is 27.4 Å². The van der Waals surface area contributed by atoms with Gasteiger partial charge in [0.25, 0.3) is 0 Å². The first-order valence-electron chi connectivity index (χ1n) is 6.56. The fourth-order valence-corrected chi connectivity index (χ4v) is 2.92. The van der Waals surface area contributed by atoms with E-state index in [-0.39, 0.29) is 5.56 Å². The van der Waals surface area contributed by atoms with Crippen LogP contribution in [-0.2, 0) is 0 Å². The van der Waals surface area contributed by atoms with Crippen molar-refractivity contribution in [3.05, 3.63) is 35.5 Å². The summed E-state index contributed by atoms with van der Waals surface area (Å²) in [6.45, 7) is 2.72. The first kappa shape index (κ1) is 13.8. The molecule has 0 unspecified atom stereocenters. The van der Waals surface area contributed by atoms with Gasteiger partial charge in [-0.05, 0) is 30.5 Å². The zero-order chi connectivity index (χ0) is 14.8. The molecule has 0 amide bonds. The lowest BCUT2D eigenvalue weighted by Crippen LogP contribution is -2.03. The second-order valence-corrected chi connectivity index (χ2v) is 5.28. The third-order valence-electron chi connectivity index (χ3n) is 3.09. The summed E-state index contributed by atoms with van der Waals surface area (Å²) in [5.74, 6) is 1.07. The molecule has 108 valence electrons. The third-order valence-corrected chi connectivity index (χ3v) is 3.89. The Hall–Kier alpha value is -2.21. The molecule has 0 atom stereocenters. The molecule has 0 saturated carbocycles. The van der Waals surface area contributed by atoms with Crippen LogP contribution in [0.1, 0.15) is 6.92 Å². The Morgan fingerprint density at radius 2 is 2.14 bits per heavy atom. The van der Waals surface area contributed by atoms with E-state index in [1.165, 1.54) is 24.5 Å². The van der Waals surface area contributed by atoms with Crippen molar-refractivity contribution in [1.29, 1.82) is 0 Å². The molecule has 2 aromatic heterocycles. The van der Waals surface area contributed by atoms with Gasteiger partial charge in [-0.15, -0.1) is 11.3 Å². The van der Waals surface area contributed by atoms with Gasteiger partial charge in [0, 0.05) is 6.54 Å². The van der Waals surface area contributed by atoms with Gasteiger partial charge in [0.05, 0.1) is 18.1 Å². The number of hydrogen-bond acceptors (Lipinski definition) is 5. The molecular formula is C15H14FN3OS. The molecule has 0 spiro atoms. The van der Waals surface area contributed by atoms with Crippen LogP contribution in [0.4, 0.5) is 10.2 Å². The zero-order valence-corrected chi connectivity index (χ0v) is 12.5. The molecule has 1 aromatic carbocycles. The van der Waals surface area contributed by atoms with Crippen molar-refractivity contribution in [1.82, 2.24) is 9.97 Å². The molecule has 0 bridgehead atoms. The first-order chi connectivity index (χ1) is 10.2. The normalized spacial score (nSPS) is 10.8. The molecule has 6 heteroatoms. The minimum Gasteiger partial charge on any atom is -0.496 e. The number of aromatic nitrogens is 2. The average molecular weight is 303 g/mol. The zero-order valence-electron chi connectivity index (χ0n) is 11.7. The van der Waals surface area contributed by atoms with Gasteiger partial charge in [0.1, 0.15) is 22.2 Å². The summed E-state index contributed by atoms with van der Waals surface area (Å²) >= 11 is 1.50. The lowest BCUT2D eigenvalue weighted by molar-refractivity contribution is 0.413. The second kappa shape index (κ2) is 5.65. The molecule has 0 aliphatic heterocycles. The predicted molar refractivity (Wildman–Crippen MR) is 83.5 cm³/mol. The number of ether oxygens (including phenoxy) is 1. The molecule has 0 aliphatic rings. The number of nitrogens with zero attached hydrogens (tertiary/aromatic N) is 2. The van der Waals surface area contributed by atoms with Gasteiger partial charge in [-0.3, -0.25) is 0 Å². The van der Waals surface area contributed by atoms with Crippen molar-refractivity contribution in [2.24, 2.45) is 0 Å². The van der Waals surface area contributed by atoms with E-state index in [0.717, 1.165) is 16.8 Å². The maximum absolute atomic E-state index is 14.2. The topological polar surface area (TPSA) is 47.0 Å². The van der Waals surface area contributed by atoms with Crippen LogP contribution >= 0.6 is 11.3 Å². The van der Waals surface area contributed by atoms with E-state index in [1.54, 1.807) is 12.1 Å². The number of thiophene rings is 1. The van der Waals surface area contributed by atoms with E-state index in [1.807, 2.05) is 18.4 Å². The fourth-order valence-electron chi connectivity index (χ4n) is 2.16. The van der Waals surface area contributed by atoms with Crippen LogP contribution in [0.3, 0.4) is 0 Å². The summed E-state index contributed by atoms with van der Waals surface area (Å²) in [6, 6.07) is 6.65. The van der Waals surface area contributed by atoms with Crippen LogP contribution in [0, 0.1) is 5.82 Å². The molecule has 3 aromatic rings. The molecule has 4 nitrogen and oxygen atoms in total. The summed E-state index contributed by atoms with van der Waals surface area (Å²) in [5.41, 5.74) is 0.287. The number of fused-ring (bicyclic) bond motifs is 1. The minimum absolute atomic E-state index is 0.287. The first-order valence-corrected chi connectivity index (χ1v) is 7.44. The predicted octanol–water partition coefficient (Wildman–Crippen LogP) is 3.94. The van der Waals surface area contributed by atoms with E-state index in [2.05, 4.69) is 15.3 Å². The Morgan fingerprint density at radius 3 is 2.90 bits per heavy atom. The second-order valence-electron chi connectivity index (χ2n) is 4.38. The molecule has 0 saturated heterocycles. The maximum atomic E-state index is 14.2. The van der Waals surface area contributed by atoms with Crippen molar-refractivity contribution in [2.45, 2.75) is 6.92 Å². The number of halogens is 1. The highest BCUT2D eigenvalue weighted by atomic mass is 32.1. The quantitative estimate of drug-likeness (QED) is 0.793. The fraction of sp³-hybridized carbons (Fsp3) is 0.200. The lowest BCUT2D eigenvalue weighted by Gasteiger charge is -2.10. The SMILES string of the molecule is CCNc1nc(-c2c(F)cccc2OC)nc2sccc12. The van der Waals surface area contributed by atoms with Crippen LogP contribution in [0.5, 0.6) is 5.75 Å². The monoisotopic (exact) mass is 303 g/mol. The standard InChI is InChI=1S/C15H14FN3OS/c1-3-17-13-9-7-8-21-15(9)19-14(18-13)12-10(16)5-4-6-11(12)20-2/h4-8H,3H2,1-2H3,(H,17,18,19). The van der Waals surface area contributed by atoms with Crippen LogP contribution in [0.25, 0.3) is 21.6 Å². The summed E-state index contributed by atoms with van der Waals surface area (Å²) in [5, 5.41) is 6.09. The van der Waals surface area contributed by atoms with E-state index in [9.17, 15) is 4.39 Å². The molecule has 0 fully saturated rings. The molecular weight excluding hydrogens is 289 g/mol. The summed E-state index contributed by atoms with van der Waals surface area (Å²) in [6.07, 6.45) is 0. The Kier molecular flexibility index (Phi) is 3.70. The molecule has 21 heavy (non-hydrogen) atoms. The highest BCUT2D eigenvalue weighted by Crippen LogP contribution is 2.34. The Labute approximate surface area is 125 Å². The number of benzene rings is 1. The van der Waals surface area contributed by atoms with E-state index in [0.29, 0.717) is 17.4 Å². The highest BCUT2D eigenvalue weighted by molar-refractivity contribution is 7.16. The Bertz CT molecular complexity index is 788. The molecule has 0 aliphatic carbocycles. The van der Waals surface area contributed by atoms with Gasteiger partial charge in [-0.2, -0.15) is 0 Å². The highest BCUT2D eigenvalue weighted by Gasteiger charge is 2.17. The van der Waals surface area contributed by atoms with Gasteiger partial charge in [0.15, 0.2) is 5.82 Å². The summed E-state index contributed by atoms with van der Waals surface area (Å²) in [4.78, 5) is 9.75. The number of hydrogen-bond donors (Lipinski definition) is 1. The smallest absolute Gasteiger partial charge is 0.169 e. The third kappa shape index (κ3) is 2.42. The van der Waals surface area contributed by atoms with Gasteiger partial charge >= 0.3 is 0 Å². The van der Waals surface area contributed by atoms with Crippen molar-refractivity contribution in [3.63, 3.8) is 0 Å². The number of methoxy groups -OCH3 is 1. The van der Waals surface area contributed by atoms with Crippen LogP contribution in [0.2, 0.25) is 0 Å². The van der Waals surface area contributed by atoms with Crippen molar-refractivity contribution in [2.75, 3.05) is 19.0 Å². The van der Waals surface area contributed by atoms with Crippen LogP contribution in [0.15, 0.2) is 29.6 Å². The van der Waals surface area contributed by atoms with Gasteiger partial charge < -0.3 is 10.1 Å². The summed E-state index contributed by atoms with van der Waals surface area (Å²) < 4.78 is 19.4. The van der Waals surface area contributed by atoms with E-state index >= 15 is 0 Å². The molecule has 1 N–H and O–H groups in total. The van der Waals surface area contributed by atoms with E-state index < -0.39 is 5.82 Å². The Balaban J connectivity index is 2.25. The van der Waals surface area contributed by atoms with Crippen molar-refractivity contribution in [3.8, 4) is 17.1 Å². The minimum atomic E-state index is -0.396. The largest absolute Gasteiger partial charge is 0.496 e. The van der Waals surface area contributed by atoms with Gasteiger partial charge in [0.2, 0.25) is 0 Å². The number of rotatable bonds is 4. The van der Waals surface area contributed by atoms with Crippen LogP contribution < -0.4 is 10.1 Å². The molecule has 3 rings (SSSR count). The number of nitrogens with one attached hydrogen (secondary N) is 1. The van der Waals surface area contributed by atoms with E-state index in [4.69, 9.17) is 4.74 Å². The van der Waals surface area contributed by atoms with Crippen molar-refractivity contribution < 1.29 is 9.13 Å². The lowest BCUT2D eigenvalue weighted by atomic mass is 10.1. The van der Waals surface area contributed by atoms with Gasteiger partial charge in [-0.25, -0.2) is 14.4 Å². The van der Waals surface area contributed by atoms with Gasteiger partial charge in [-0.1, -0.05) is 6.07 Å². The molecule has 0 radical (unpaired) electrons. The Morgan fingerprint density at radius 1 is 1.29 bits per heavy atom. The summed E-state index contributed by atoms with van der Waals surface area (Å²) in [7, 11) is 1.51. The number of anilines is 1. The average Bonchev–Trinajstić information content (AvgIpc) is 2.95. The molecule has 2 heterocycles. The van der Waals surface area contributed by atoms with Crippen LogP contribution in [-0.4, -0.2) is 23.6 Å². The maximum Gasteiger partial charge on any atom is 0.169 e.